The Bertz CT molecular complexity index is 160. The second kappa shape index (κ2) is 6.50. The maximum atomic E-state index is 12.3. The molecule has 14 heavy (non-hydrogen) atoms. The summed E-state index contributed by atoms with van der Waals surface area (Å²) < 4.78 is 34.6. The summed E-state index contributed by atoms with van der Waals surface area (Å²) in [6.45, 7) is 1.89. The topological polar surface area (TPSA) is 44.5 Å². The quantitative estimate of drug-likeness (QED) is 0.667. The van der Waals surface area contributed by atoms with Crippen molar-refractivity contribution >= 4 is 12.4 Å². The Morgan fingerprint density at radius 3 is 2.29 bits per heavy atom. The molecule has 0 aromatic carbocycles. The van der Waals surface area contributed by atoms with Crippen LogP contribution < -0.4 is 5.73 Å². The smallest absolute Gasteiger partial charge is 0.253 e. The molecule has 0 heterocycles. The van der Waals surface area contributed by atoms with Crippen LogP contribution in [0.5, 0.6) is 0 Å². The molecule has 1 saturated carbocycles. The lowest BCUT2D eigenvalue weighted by molar-refractivity contribution is 0.0238. The molecule has 0 aromatic rings. The number of ether oxygens (including phenoxy) is 2. The zero-order valence-electron chi connectivity index (χ0n) is 7.88. The average molecular weight is 232 g/mol. The molecule has 0 aromatic heterocycles. The molecule has 86 valence electrons. The lowest BCUT2D eigenvalue weighted by Crippen LogP contribution is -2.13. The summed E-state index contributed by atoms with van der Waals surface area (Å²) >= 11 is 0. The molecule has 1 rings (SSSR count). The Balaban J connectivity index is 0.00000169. The molecule has 0 bridgehead atoms. The van der Waals surface area contributed by atoms with Crippen LogP contribution in [0.25, 0.3) is 0 Å². The van der Waals surface area contributed by atoms with Crippen LogP contribution in [0.1, 0.15) is 6.42 Å². The Labute approximate surface area is 88.3 Å². The van der Waals surface area contributed by atoms with Gasteiger partial charge in [0.25, 0.3) is 5.92 Å². The van der Waals surface area contributed by atoms with E-state index in [-0.39, 0.29) is 25.4 Å². The minimum atomic E-state index is -2.47. The maximum absolute atomic E-state index is 12.3. The molecule has 0 spiro atoms. The van der Waals surface area contributed by atoms with Crippen LogP contribution >= 0.6 is 12.4 Å². The summed E-state index contributed by atoms with van der Waals surface area (Å²) in [4.78, 5) is 0. The zero-order chi connectivity index (χ0) is 9.73. The van der Waals surface area contributed by atoms with Crippen molar-refractivity contribution in [2.75, 3.05) is 33.0 Å². The predicted molar refractivity (Wildman–Crippen MR) is 51.0 cm³/mol. The Morgan fingerprint density at radius 2 is 1.79 bits per heavy atom. The van der Waals surface area contributed by atoms with Gasteiger partial charge in [0.2, 0.25) is 0 Å². The first-order valence-corrected chi connectivity index (χ1v) is 4.40. The van der Waals surface area contributed by atoms with Gasteiger partial charge in [-0.1, -0.05) is 0 Å². The van der Waals surface area contributed by atoms with Crippen LogP contribution in [0.4, 0.5) is 8.78 Å². The van der Waals surface area contributed by atoms with Crippen molar-refractivity contribution in [3.8, 4) is 0 Å². The highest BCUT2D eigenvalue weighted by Crippen LogP contribution is 2.48. The van der Waals surface area contributed by atoms with E-state index >= 15 is 0 Å². The third-order valence-corrected chi connectivity index (χ3v) is 1.91. The summed E-state index contributed by atoms with van der Waals surface area (Å²) in [7, 11) is 0. The van der Waals surface area contributed by atoms with Crippen LogP contribution in [-0.4, -0.2) is 38.9 Å². The predicted octanol–water partition coefficient (Wildman–Crippen LogP) is 1.06. The van der Waals surface area contributed by atoms with Crippen LogP contribution in [0.3, 0.4) is 0 Å². The van der Waals surface area contributed by atoms with E-state index in [2.05, 4.69) is 0 Å². The van der Waals surface area contributed by atoms with E-state index < -0.39 is 11.8 Å². The van der Waals surface area contributed by atoms with Gasteiger partial charge in [0.1, 0.15) is 0 Å². The second-order valence-electron chi connectivity index (χ2n) is 3.14. The van der Waals surface area contributed by atoms with Crippen molar-refractivity contribution in [3.63, 3.8) is 0 Å². The van der Waals surface area contributed by atoms with Gasteiger partial charge in [-0.2, -0.15) is 0 Å². The van der Waals surface area contributed by atoms with E-state index in [1.54, 1.807) is 0 Å². The fraction of sp³-hybridized carbons (Fsp3) is 1.00. The molecule has 0 amide bonds. The fourth-order valence-electron chi connectivity index (χ4n) is 0.979. The lowest BCUT2D eigenvalue weighted by atomic mass is 10.4. The number of hydrogen-bond donors (Lipinski definition) is 1. The van der Waals surface area contributed by atoms with Crippen LogP contribution in [0.15, 0.2) is 0 Å². The van der Waals surface area contributed by atoms with Crippen LogP contribution in [0.2, 0.25) is 0 Å². The first kappa shape index (κ1) is 14.0. The third kappa shape index (κ3) is 5.05. The van der Waals surface area contributed by atoms with Gasteiger partial charge in [-0.15, -0.1) is 12.4 Å². The molecule has 2 N–H and O–H groups in total. The molecule has 6 heteroatoms. The summed E-state index contributed by atoms with van der Waals surface area (Å²) in [5, 5.41) is 0. The summed E-state index contributed by atoms with van der Waals surface area (Å²) in [6.07, 6.45) is -0.0311. The molecular weight excluding hydrogens is 216 g/mol. The minimum absolute atomic E-state index is 0. The third-order valence-electron chi connectivity index (χ3n) is 1.91. The van der Waals surface area contributed by atoms with Gasteiger partial charge < -0.3 is 15.2 Å². The summed E-state index contributed by atoms with van der Waals surface area (Å²) in [5.41, 5.74) is 5.17. The number of rotatable bonds is 7. The van der Waals surface area contributed by atoms with E-state index in [1.165, 1.54) is 0 Å². The number of halogens is 3. The summed E-state index contributed by atoms with van der Waals surface area (Å²) in [6, 6.07) is 0. The van der Waals surface area contributed by atoms with Crippen molar-refractivity contribution in [1.29, 1.82) is 0 Å². The van der Waals surface area contributed by atoms with E-state index in [1.807, 2.05) is 0 Å². The van der Waals surface area contributed by atoms with Gasteiger partial charge in [-0.3, -0.25) is 0 Å². The fourth-order valence-corrected chi connectivity index (χ4v) is 0.979. The van der Waals surface area contributed by atoms with Crippen molar-refractivity contribution in [1.82, 2.24) is 0 Å². The Hall–Kier alpha value is 0.0300. The highest BCUT2D eigenvalue weighted by atomic mass is 35.5. The molecule has 1 atom stereocenters. The second-order valence-corrected chi connectivity index (χ2v) is 3.14. The monoisotopic (exact) mass is 231 g/mol. The maximum Gasteiger partial charge on any atom is 0.253 e. The van der Waals surface area contributed by atoms with Crippen LogP contribution in [0, 0.1) is 5.92 Å². The highest BCUT2D eigenvalue weighted by Gasteiger charge is 2.56. The number of hydrogen-bond acceptors (Lipinski definition) is 3. The van der Waals surface area contributed by atoms with Gasteiger partial charge in [0, 0.05) is 13.0 Å². The molecule has 0 radical (unpaired) electrons. The average Bonchev–Trinajstić information content (AvgIpc) is 2.67. The van der Waals surface area contributed by atoms with E-state index in [0.717, 1.165) is 0 Å². The zero-order valence-corrected chi connectivity index (χ0v) is 8.69. The van der Waals surface area contributed by atoms with Gasteiger partial charge in [-0.25, -0.2) is 8.78 Å². The molecule has 0 aliphatic heterocycles. The van der Waals surface area contributed by atoms with Crippen molar-refractivity contribution in [2.24, 2.45) is 11.7 Å². The van der Waals surface area contributed by atoms with E-state index in [0.29, 0.717) is 26.4 Å². The first-order valence-electron chi connectivity index (χ1n) is 4.40. The number of alkyl halides is 2. The van der Waals surface area contributed by atoms with Crippen molar-refractivity contribution < 1.29 is 18.3 Å². The highest BCUT2D eigenvalue weighted by molar-refractivity contribution is 5.85. The van der Waals surface area contributed by atoms with Gasteiger partial charge in [0.05, 0.1) is 32.3 Å². The lowest BCUT2D eigenvalue weighted by Gasteiger charge is -2.03. The molecule has 3 nitrogen and oxygen atoms in total. The Morgan fingerprint density at radius 1 is 1.21 bits per heavy atom. The van der Waals surface area contributed by atoms with Crippen molar-refractivity contribution in [2.45, 2.75) is 12.3 Å². The van der Waals surface area contributed by atoms with Crippen molar-refractivity contribution in [3.05, 3.63) is 0 Å². The largest absolute Gasteiger partial charge is 0.379 e. The van der Waals surface area contributed by atoms with E-state index in [4.69, 9.17) is 15.2 Å². The molecule has 0 saturated heterocycles. The first-order chi connectivity index (χ1) is 6.17. The summed E-state index contributed by atoms with van der Waals surface area (Å²) in [5.74, 6) is -3.04. The molecule has 1 fully saturated rings. The molecular formula is C8H16ClF2NO2. The minimum Gasteiger partial charge on any atom is -0.379 e. The SMILES string of the molecule is Cl.NCCOCCOCC1CC1(F)F. The standard InChI is InChI=1S/C8H15F2NO2.ClH/c9-8(10)5-7(8)6-13-4-3-12-2-1-11;/h7H,1-6,11H2;1H. The van der Waals surface area contributed by atoms with Gasteiger partial charge in [-0.05, 0) is 0 Å². The van der Waals surface area contributed by atoms with E-state index in [9.17, 15) is 8.78 Å². The van der Waals surface area contributed by atoms with Gasteiger partial charge >= 0.3 is 0 Å². The van der Waals surface area contributed by atoms with Crippen LogP contribution in [-0.2, 0) is 9.47 Å². The van der Waals surface area contributed by atoms with Gasteiger partial charge in [0.15, 0.2) is 0 Å². The normalized spacial score (nSPS) is 22.9. The number of nitrogens with two attached hydrogens (primary N) is 1. The molecule has 1 aliphatic carbocycles. The molecule has 1 aliphatic rings. The Kier molecular flexibility index (Phi) is 6.52. The molecule has 1 unspecified atom stereocenters.